The van der Waals surface area contributed by atoms with E-state index in [1.165, 1.54) is 24.3 Å². The molecular formula is C26H20O13V-2. The molecule has 4 rings (SSSR count). The third-order valence-electron chi connectivity index (χ3n) is 4.85. The minimum absolute atomic E-state index is 0. The van der Waals surface area contributed by atoms with Gasteiger partial charge in [-0.2, -0.15) is 0 Å². The Kier molecular flexibility index (Phi) is 13.0. The van der Waals surface area contributed by atoms with Crippen molar-refractivity contribution in [3.05, 3.63) is 83.3 Å². The number of para-hydroxylation sites is 2. The smallest absolute Gasteiger partial charge is 0.342 e. The predicted octanol–water partition coefficient (Wildman–Crippen LogP) is 1.08. The largest absolute Gasteiger partial charge is 2.00 e. The van der Waals surface area contributed by atoms with Crippen LogP contribution in [0.4, 0.5) is 0 Å². The number of phenols is 2. The molecule has 2 aliphatic rings. The van der Waals surface area contributed by atoms with Crippen molar-refractivity contribution in [2.75, 3.05) is 26.4 Å². The average Bonchev–Trinajstić information content (AvgIpc) is 2.90. The van der Waals surface area contributed by atoms with E-state index in [0.717, 1.165) is 12.2 Å². The molecule has 0 aliphatic carbocycles. The van der Waals surface area contributed by atoms with Gasteiger partial charge in [-0.1, -0.05) is 24.3 Å². The maximum atomic E-state index is 11.6. The zero-order valence-corrected chi connectivity index (χ0v) is 21.8. The predicted molar refractivity (Wildman–Crippen MR) is 126 cm³/mol. The number of carbonyl (C=O) groups excluding carboxylic acids is 6. The third kappa shape index (κ3) is 9.24. The normalized spacial score (nSPS) is 13.9. The number of aromatic hydroxyl groups is 2. The van der Waals surface area contributed by atoms with Gasteiger partial charge < -0.3 is 34.6 Å². The van der Waals surface area contributed by atoms with Crippen molar-refractivity contribution in [2.24, 2.45) is 0 Å². The van der Waals surface area contributed by atoms with E-state index in [2.05, 4.69) is 0 Å². The van der Waals surface area contributed by atoms with Gasteiger partial charge in [-0.15, -0.1) is 0 Å². The molecule has 14 heteroatoms. The van der Waals surface area contributed by atoms with Crippen molar-refractivity contribution >= 4 is 35.1 Å². The summed E-state index contributed by atoms with van der Waals surface area (Å²) < 4.78 is 19.6. The summed E-state index contributed by atoms with van der Waals surface area (Å²) in [6, 6.07) is 11.8. The Hall–Kier alpha value is -4.72. The fraction of sp³-hybridized carbons (Fsp3) is 0.154. The summed E-state index contributed by atoms with van der Waals surface area (Å²) in [4.78, 5) is 67.2. The van der Waals surface area contributed by atoms with E-state index in [0.29, 0.717) is 0 Å². The molecule has 2 aliphatic heterocycles. The third-order valence-corrected chi connectivity index (χ3v) is 4.85. The number of hydrogen-bond donors (Lipinski definition) is 2. The molecule has 2 aromatic carbocycles. The molecule has 13 nitrogen and oxygen atoms in total. The van der Waals surface area contributed by atoms with E-state index >= 15 is 0 Å². The van der Waals surface area contributed by atoms with Gasteiger partial charge in [0.15, 0.2) is 13.2 Å². The van der Waals surface area contributed by atoms with Crippen molar-refractivity contribution in [1.29, 1.82) is 0 Å². The average molecular weight is 591 g/mol. The summed E-state index contributed by atoms with van der Waals surface area (Å²) in [7, 11) is 0. The van der Waals surface area contributed by atoms with Gasteiger partial charge in [0.1, 0.15) is 47.4 Å². The number of ketones is 4. The van der Waals surface area contributed by atoms with E-state index in [1.54, 1.807) is 24.3 Å². The van der Waals surface area contributed by atoms with Crippen LogP contribution in [0.5, 0.6) is 11.5 Å². The van der Waals surface area contributed by atoms with Crippen LogP contribution in [0.15, 0.2) is 72.2 Å². The molecule has 1 radical (unpaired) electrons. The van der Waals surface area contributed by atoms with Gasteiger partial charge in [0.2, 0.25) is 23.1 Å². The molecule has 0 saturated carbocycles. The molecule has 0 spiro atoms. The Morgan fingerprint density at radius 1 is 0.675 bits per heavy atom. The van der Waals surface area contributed by atoms with Gasteiger partial charge in [-0.3, -0.25) is 19.2 Å². The molecule has 0 fully saturated rings. The quantitative estimate of drug-likeness (QED) is 0.357. The van der Waals surface area contributed by atoms with E-state index < -0.39 is 35.1 Å². The minimum atomic E-state index is -0.744. The minimum Gasteiger partial charge on any atom is -2.00 e. The summed E-state index contributed by atoms with van der Waals surface area (Å²) in [6.45, 7) is -1.24. The molecule has 2 heterocycles. The van der Waals surface area contributed by atoms with Crippen LogP contribution in [0.3, 0.4) is 0 Å². The number of hydrogen-bond acceptors (Lipinski definition) is 12. The standard InChI is InChI=1S/2C13H10O6.O.V/c2*14-10-4-2-1-3-9(10)13(17)19-6-8-5-11(15)12(16)7-18-8;;/h2*1-5,14H,6-7H2;;/q;;-2;. The zero-order chi connectivity index (χ0) is 27.7. The molecule has 209 valence electrons. The molecule has 2 aromatic rings. The van der Waals surface area contributed by atoms with Crippen LogP contribution in [0.1, 0.15) is 20.7 Å². The van der Waals surface area contributed by atoms with Crippen molar-refractivity contribution in [3.8, 4) is 11.5 Å². The number of allylic oxidation sites excluding steroid dienone is 2. The Bertz CT molecular complexity index is 1260. The Balaban J connectivity index is 0.000000381. The maximum absolute atomic E-state index is 11.6. The van der Waals surface area contributed by atoms with Crippen molar-refractivity contribution in [1.82, 2.24) is 0 Å². The fourth-order valence-electron chi connectivity index (χ4n) is 2.88. The molecular weight excluding hydrogens is 571 g/mol. The molecule has 0 bridgehead atoms. The summed E-state index contributed by atoms with van der Waals surface area (Å²) in [5.74, 6) is -4.32. The van der Waals surface area contributed by atoms with Crippen molar-refractivity contribution in [2.45, 2.75) is 0 Å². The van der Waals surface area contributed by atoms with Crippen LogP contribution in [0.2, 0.25) is 0 Å². The summed E-state index contributed by atoms with van der Waals surface area (Å²) in [5.41, 5.74) is 0.0302. The second-order valence-electron chi connectivity index (χ2n) is 7.56. The number of phenolic OH excluding ortho intramolecular Hbond substituents is 2. The van der Waals surface area contributed by atoms with Crippen LogP contribution < -0.4 is 0 Å². The van der Waals surface area contributed by atoms with E-state index in [1.807, 2.05) is 0 Å². The van der Waals surface area contributed by atoms with Gasteiger partial charge in [0, 0.05) is 30.7 Å². The first-order valence-corrected chi connectivity index (χ1v) is 10.9. The van der Waals surface area contributed by atoms with Crippen molar-refractivity contribution < 1.29 is 82.0 Å². The van der Waals surface area contributed by atoms with Crippen LogP contribution in [-0.2, 0) is 62.2 Å². The van der Waals surface area contributed by atoms with Crippen LogP contribution in [0, 0.1) is 0 Å². The number of rotatable bonds is 6. The zero-order valence-electron chi connectivity index (χ0n) is 20.4. The van der Waals surface area contributed by atoms with Crippen LogP contribution in [-0.4, -0.2) is 71.7 Å². The summed E-state index contributed by atoms with van der Waals surface area (Å²) in [6.07, 6.45) is 1.98. The SMILES string of the molecule is O=C1C=C(COC(=O)c2ccccc2O)OCC1=O.O=C1C=C(COC(=O)c2ccccc2O)OCC1=O.[O-2].[V]. The maximum Gasteiger partial charge on any atom is 0.342 e. The molecule has 0 aromatic heterocycles. The topological polar surface area (TPSA) is 208 Å². The monoisotopic (exact) mass is 591 g/mol. The second kappa shape index (κ2) is 15.6. The summed E-state index contributed by atoms with van der Waals surface area (Å²) >= 11 is 0. The van der Waals surface area contributed by atoms with Crippen molar-refractivity contribution in [3.63, 3.8) is 0 Å². The van der Waals surface area contributed by atoms with Gasteiger partial charge in [-0.25, -0.2) is 9.59 Å². The van der Waals surface area contributed by atoms with E-state index in [4.69, 9.17) is 18.9 Å². The van der Waals surface area contributed by atoms with Gasteiger partial charge in [-0.05, 0) is 24.3 Å². The van der Waals surface area contributed by atoms with Crippen LogP contribution in [0.25, 0.3) is 0 Å². The number of esters is 2. The molecule has 0 atom stereocenters. The fourth-order valence-corrected chi connectivity index (χ4v) is 2.88. The number of Topliss-reactive ketones (excluding diaryl/α,β-unsaturated/α-hetero) is 2. The molecule has 2 N–H and O–H groups in total. The second-order valence-corrected chi connectivity index (χ2v) is 7.56. The van der Waals surface area contributed by atoms with E-state index in [9.17, 15) is 39.0 Å². The summed E-state index contributed by atoms with van der Waals surface area (Å²) in [5, 5.41) is 18.9. The molecule has 0 amide bonds. The first-order valence-electron chi connectivity index (χ1n) is 10.9. The Morgan fingerprint density at radius 3 is 1.35 bits per heavy atom. The van der Waals surface area contributed by atoms with Gasteiger partial charge in [0.25, 0.3) is 0 Å². The van der Waals surface area contributed by atoms with E-state index in [-0.39, 0.29) is 84.6 Å². The Labute approximate surface area is 238 Å². The first kappa shape index (κ1) is 33.3. The number of benzene rings is 2. The molecule has 0 unspecified atom stereocenters. The number of carbonyl (C=O) groups is 6. The number of ether oxygens (including phenoxy) is 4. The van der Waals surface area contributed by atoms with Gasteiger partial charge in [0.05, 0.1) is 0 Å². The molecule has 40 heavy (non-hydrogen) atoms. The van der Waals surface area contributed by atoms with Gasteiger partial charge >= 0.3 is 11.9 Å². The Morgan fingerprint density at radius 2 is 1.02 bits per heavy atom. The molecule has 0 saturated heterocycles. The van der Waals surface area contributed by atoms with Crippen LogP contribution >= 0.6 is 0 Å². The first-order chi connectivity index (χ1) is 18.2.